The van der Waals surface area contributed by atoms with Gasteiger partial charge in [-0.3, -0.25) is 19.2 Å². The van der Waals surface area contributed by atoms with Crippen LogP contribution in [0.2, 0.25) is 0 Å². The Morgan fingerprint density at radius 3 is 1.40 bits per heavy atom. The van der Waals surface area contributed by atoms with Crippen molar-refractivity contribution in [1.82, 2.24) is 21.3 Å². The van der Waals surface area contributed by atoms with Gasteiger partial charge in [0.2, 0.25) is 17.7 Å². The summed E-state index contributed by atoms with van der Waals surface area (Å²) >= 11 is 0. The molecule has 0 aromatic carbocycles. The van der Waals surface area contributed by atoms with E-state index in [4.69, 9.17) is 0 Å². The van der Waals surface area contributed by atoms with Gasteiger partial charge in [0.05, 0.1) is 6.04 Å². The summed E-state index contributed by atoms with van der Waals surface area (Å²) in [4.78, 5) is 51.3. The Morgan fingerprint density at radius 1 is 0.479 bits per heavy atom. The molecule has 0 heterocycles. The van der Waals surface area contributed by atoms with E-state index in [0.29, 0.717) is 56.5 Å². The van der Waals surface area contributed by atoms with Gasteiger partial charge < -0.3 is 21.3 Å². The quantitative estimate of drug-likeness (QED) is 0.0535. The minimum Gasteiger partial charge on any atom is -0.356 e. The molecule has 2 unspecified atom stereocenters. The fourth-order valence-corrected chi connectivity index (χ4v) is 5.92. The number of hydrogen-bond acceptors (Lipinski definition) is 5. The molecule has 0 aliphatic rings. The Balaban J connectivity index is 4.95. The summed E-state index contributed by atoms with van der Waals surface area (Å²) in [5, 5.41) is 12.6. The molecule has 8 heteroatoms. The average Bonchev–Trinajstić information content (AvgIpc) is 3.00. The van der Waals surface area contributed by atoms with Crippen molar-refractivity contribution in [1.29, 1.82) is 0 Å². The molecule has 48 heavy (non-hydrogen) atoms. The van der Waals surface area contributed by atoms with Gasteiger partial charge in [-0.25, -0.2) is 0 Å². The number of carbonyl (C=O) groups excluding carboxylic acids is 4. The second-order valence-electron chi connectivity index (χ2n) is 15.8. The fraction of sp³-hybridized carbons (Fsp3) is 0.900. The summed E-state index contributed by atoms with van der Waals surface area (Å²) in [7, 11) is 0. The number of hydrogen-bond donors (Lipinski definition) is 4. The van der Waals surface area contributed by atoms with Crippen molar-refractivity contribution in [3.05, 3.63) is 0 Å². The van der Waals surface area contributed by atoms with E-state index >= 15 is 0 Å². The molecule has 0 fully saturated rings. The highest BCUT2D eigenvalue weighted by molar-refractivity contribution is 5.89. The van der Waals surface area contributed by atoms with Gasteiger partial charge in [0.25, 0.3) is 0 Å². The first-order valence-electron chi connectivity index (χ1n) is 19.9. The number of ketones is 1. The zero-order valence-electron chi connectivity index (χ0n) is 32.7. The molecule has 0 rings (SSSR count). The van der Waals surface area contributed by atoms with Crippen molar-refractivity contribution >= 4 is 23.5 Å². The molecule has 0 aliphatic heterocycles. The summed E-state index contributed by atoms with van der Waals surface area (Å²) in [6, 6.07) is -0.276. The lowest BCUT2D eigenvalue weighted by Crippen LogP contribution is -2.41. The van der Waals surface area contributed by atoms with Crippen molar-refractivity contribution in [2.75, 3.05) is 19.6 Å². The van der Waals surface area contributed by atoms with Gasteiger partial charge in [0, 0.05) is 44.3 Å². The Labute approximate surface area is 296 Å². The van der Waals surface area contributed by atoms with Gasteiger partial charge in [-0.2, -0.15) is 0 Å². The van der Waals surface area contributed by atoms with Crippen LogP contribution in [0, 0.1) is 23.7 Å². The minimum absolute atomic E-state index is 0.00950. The fourth-order valence-electron chi connectivity index (χ4n) is 5.92. The second kappa shape index (κ2) is 29.9. The van der Waals surface area contributed by atoms with Crippen molar-refractivity contribution in [3.63, 3.8) is 0 Å². The Morgan fingerprint density at radius 2 is 0.917 bits per heavy atom. The predicted octanol–water partition coefficient (Wildman–Crippen LogP) is 8.27. The van der Waals surface area contributed by atoms with Crippen LogP contribution in [-0.4, -0.2) is 55.2 Å². The van der Waals surface area contributed by atoms with Gasteiger partial charge >= 0.3 is 0 Å². The van der Waals surface area contributed by atoms with Gasteiger partial charge in [-0.05, 0) is 89.5 Å². The zero-order valence-corrected chi connectivity index (χ0v) is 32.7. The highest BCUT2D eigenvalue weighted by Crippen LogP contribution is 2.18. The molecule has 0 saturated heterocycles. The summed E-state index contributed by atoms with van der Waals surface area (Å²) in [6.07, 6.45) is 16.9. The normalized spacial score (nSPS) is 12.9. The second-order valence-corrected chi connectivity index (χ2v) is 15.8. The van der Waals surface area contributed by atoms with Crippen molar-refractivity contribution in [2.24, 2.45) is 23.7 Å². The van der Waals surface area contributed by atoms with Crippen LogP contribution in [0.4, 0.5) is 0 Å². The predicted molar refractivity (Wildman–Crippen MR) is 202 cm³/mol. The molecule has 0 aliphatic carbocycles. The largest absolute Gasteiger partial charge is 0.356 e. The van der Waals surface area contributed by atoms with Crippen LogP contribution in [0.15, 0.2) is 0 Å². The van der Waals surface area contributed by atoms with Crippen LogP contribution in [0.25, 0.3) is 0 Å². The molecule has 8 nitrogen and oxygen atoms in total. The first-order chi connectivity index (χ1) is 22.8. The molecule has 0 bridgehead atoms. The van der Waals surface area contributed by atoms with Crippen LogP contribution < -0.4 is 21.3 Å². The van der Waals surface area contributed by atoms with E-state index in [2.05, 4.69) is 62.8 Å². The lowest BCUT2D eigenvalue weighted by molar-refractivity contribution is -0.131. The molecular formula is C40H78N4O4. The highest BCUT2D eigenvalue weighted by Gasteiger charge is 2.26. The monoisotopic (exact) mass is 679 g/mol. The molecular weight excluding hydrogens is 600 g/mol. The zero-order chi connectivity index (χ0) is 36.2. The first-order valence-corrected chi connectivity index (χ1v) is 19.9. The average molecular weight is 679 g/mol. The number of unbranched alkanes of at least 4 members (excludes halogenated alkanes) is 6. The number of carbonyl (C=O) groups is 4. The van der Waals surface area contributed by atoms with Crippen molar-refractivity contribution < 1.29 is 19.2 Å². The van der Waals surface area contributed by atoms with E-state index in [1.165, 1.54) is 12.8 Å². The summed E-state index contributed by atoms with van der Waals surface area (Å²) < 4.78 is 0. The SMILES string of the molecule is CC(C)CCCCCNC(CCCCNC(=O)CCCCC(C)C)C(=O)CC(CCCCNC(=O)CCCCC(C)C)C(=O)NC(C)C. The van der Waals surface area contributed by atoms with E-state index in [-0.39, 0.29) is 47.9 Å². The van der Waals surface area contributed by atoms with Crippen molar-refractivity contribution in [3.8, 4) is 0 Å². The minimum atomic E-state index is -0.378. The maximum Gasteiger partial charge on any atom is 0.223 e. The van der Waals surface area contributed by atoms with E-state index < -0.39 is 0 Å². The number of Topliss-reactive ketones (excluding diaryl/α,β-unsaturated/α-hetero) is 1. The van der Waals surface area contributed by atoms with E-state index in [1.807, 2.05) is 13.8 Å². The summed E-state index contributed by atoms with van der Waals surface area (Å²) in [5.41, 5.74) is 0. The van der Waals surface area contributed by atoms with Crippen LogP contribution >= 0.6 is 0 Å². The molecule has 4 N–H and O–H groups in total. The lowest BCUT2D eigenvalue weighted by atomic mass is 9.91. The molecule has 0 saturated carbocycles. The molecule has 0 spiro atoms. The Kier molecular flexibility index (Phi) is 28.7. The Bertz CT molecular complexity index is 843. The maximum atomic E-state index is 13.7. The number of amides is 3. The molecule has 3 amide bonds. The standard InChI is InChI=1S/C40H78N4O4/c1-31(2)20-10-9-17-27-41-36(24-16-19-29-43-39(47)26-14-12-22-33(5)6)37(45)30-35(40(48)44-34(7)8)23-15-18-28-42-38(46)25-13-11-21-32(3)4/h31-36,41H,9-30H2,1-8H3,(H,42,46)(H,43,47)(H,44,48). The van der Waals surface area contributed by atoms with E-state index in [0.717, 1.165) is 83.6 Å². The number of nitrogens with one attached hydrogen (secondary N) is 4. The molecule has 0 aromatic rings. The van der Waals surface area contributed by atoms with Crippen LogP contribution in [0.5, 0.6) is 0 Å². The number of rotatable bonds is 32. The molecule has 0 aromatic heterocycles. The van der Waals surface area contributed by atoms with Gasteiger partial charge in [-0.1, -0.05) is 92.9 Å². The molecule has 0 radical (unpaired) electrons. The molecule has 2 atom stereocenters. The Hall–Kier alpha value is -1.96. The van der Waals surface area contributed by atoms with Crippen molar-refractivity contribution in [2.45, 2.75) is 189 Å². The van der Waals surface area contributed by atoms with E-state index in [9.17, 15) is 19.2 Å². The smallest absolute Gasteiger partial charge is 0.223 e. The highest BCUT2D eigenvalue weighted by atomic mass is 16.2. The maximum absolute atomic E-state index is 13.7. The third-order valence-electron chi connectivity index (χ3n) is 8.90. The topological polar surface area (TPSA) is 116 Å². The van der Waals surface area contributed by atoms with Gasteiger partial charge in [0.1, 0.15) is 0 Å². The van der Waals surface area contributed by atoms with Crippen LogP contribution in [0.3, 0.4) is 0 Å². The third-order valence-corrected chi connectivity index (χ3v) is 8.90. The van der Waals surface area contributed by atoms with Gasteiger partial charge in [-0.15, -0.1) is 0 Å². The lowest BCUT2D eigenvalue weighted by Gasteiger charge is -2.22. The van der Waals surface area contributed by atoms with Crippen LogP contribution in [0.1, 0.15) is 177 Å². The third kappa shape index (κ3) is 29.0. The van der Waals surface area contributed by atoms with Crippen LogP contribution in [-0.2, 0) is 19.2 Å². The molecule has 282 valence electrons. The summed E-state index contributed by atoms with van der Waals surface area (Å²) in [6.45, 7) is 19.2. The van der Waals surface area contributed by atoms with Gasteiger partial charge in [0.15, 0.2) is 5.78 Å². The summed E-state index contributed by atoms with van der Waals surface area (Å²) in [5.74, 6) is 1.93. The first kappa shape index (κ1) is 46.0. The van der Waals surface area contributed by atoms with E-state index in [1.54, 1.807) is 0 Å².